The highest BCUT2D eigenvalue weighted by molar-refractivity contribution is 5.28. The number of aromatic nitrogens is 3. The van der Waals surface area contributed by atoms with Gasteiger partial charge in [-0.25, -0.2) is 5.10 Å². The number of ether oxygens (including phenoxy) is 1. The van der Waals surface area contributed by atoms with E-state index in [-0.39, 0.29) is 17.8 Å². The smallest absolute Gasteiger partial charge is 0.373 e. The number of piperidine rings is 1. The van der Waals surface area contributed by atoms with Gasteiger partial charge in [0.25, 0.3) is 11.6 Å². The lowest BCUT2D eigenvalue weighted by Gasteiger charge is -2.30. The maximum absolute atomic E-state index is 10.9. The molecule has 3 heterocycles. The van der Waals surface area contributed by atoms with Crippen LogP contribution in [0.15, 0.2) is 27.6 Å². The SMILES string of the molecule is CCc1coc(N2CCC(Oc3ccc(=O)[nH]n3)CC2)n1.O=C=O. The van der Waals surface area contributed by atoms with E-state index in [0.717, 1.165) is 38.0 Å². The van der Waals surface area contributed by atoms with E-state index in [1.165, 1.54) is 6.07 Å². The number of carbonyl (C=O) groups excluding carboxylic acids is 2. The fourth-order valence-electron chi connectivity index (χ4n) is 2.34. The van der Waals surface area contributed by atoms with E-state index < -0.39 is 0 Å². The maximum atomic E-state index is 10.9. The van der Waals surface area contributed by atoms with E-state index in [2.05, 4.69) is 27.0 Å². The van der Waals surface area contributed by atoms with Crippen molar-refractivity contribution in [2.45, 2.75) is 32.3 Å². The first-order chi connectivity index (χ1) is 11.7. The number of hydrogen-bond acceptors (Lipinski definition) is 8. The minimum Gasteiger partial charge on any atom is -0.473 e. The van der Waals surface area contributed by atoms with Gasteiger partial charge in [0.15, 0.2) is 0 Å². The Hall–Kier alpha value is -2.93. The zero-order chi connectivity index (χ0) is 17.4. The molecule has 24 heavy (non-hydrogen) atoms. The number of nitrogens with one attached hydrogen (secondary N) is 1. The summed E-state index contributed by atoms with van der Waals surface area (Å²) in [4.78, 5) is 33.8. The van der Waals surface area contributed by atoms with Crippen molar-refractivity contribution in [3.8, 4) is 5.88 Å². The number of H-pyrrole nitrogens is 1. The number of anilines is 1. The number of hydrogen-bond donors (Lipinski definition) is 1. The van der Waals surface area contributed by atoms with E-state index in [1.54, 1.807) is 12.3 Å². The predicted molar refractivity (Wildman–Crippen MR) is 81.6 cm³/mol. The third-order valence-electron chi connectivity index (χ3n) is 3.56. The van der Waals surface area contributed by atoms with Crippen molar-refractivity contribution in [1.29, 1.82) is 0 Å². The lowest BCUT2D eigenvalue weighted by Crippen LogP contribution is -2.38. The lowest BCUT2D eigenvalue weighted by atomic mass is 10.1. The van der Waals surface area contributed by atoms with Gasteiger partial charge in [-0.15, -0.1) is 5.10 Å². The highest BCUT2D eigenvalue weighted by Gasteiger charge is 2.23. The van der Waals surface area contributed by atoms with Crippen LogP contribution in [0.3, 0.4) is 0 Å². The molecule has 0 unspecified atom stereocenters. The highest BCUT2D eigenvalue weighted by Crippen LogP contribution is 2.21. The molecule has 3 rings (SSSR count). The minimum atomic E-state index is -0.229. The Kier molecular flexibility index (Phi) is 6.27. The van der Waals surface area contributed by atoms with Crippen LogP contribution in [-0.4, -0.2) is 40.5 Å². The third-order valence-corrected chi connectivity index (χ3v) is 3.56. The molecule has 1 N–H and O–H groups in total. The first-order valence-electron chi connectivity index (χ1n) is 7.57. The number of aryl methyl sites for hydroxylation is 1. The van der Waals surface area contributed by atoms with Crippen LogP contribution >= 0.6 is 0 Å². The largest absolute Gasteiger partial charge is 0.473 e. The van der Waals surface area contributed by atoms with Crippen molar-refractivity contribution in [2.75, 3.05) is 18.0 Å². The molecule has 0 atom stereocenters. The van der Waals surface area contributed by atoms with Gasteiger partial charge in [0.1, 0.15) is 12.4 Å². The topological polar surface area (TPSA) is 118 Å². The first kappa shape index (κ1) is 17.4. The number of nitrogens with zero attached hydrogens (tertiary/aromatic N) is 3. The molecule has 2 aromatic rings. The summed E-state index contributed by atoms with van der Waals surface area (Å²) < 4.78 is 11.2. The number of oxazole rings is 1. The van der Waals surface area contributed by atoms with Crippen LogP contribution in [0.1, 0.15) is 25.5 Å². The van der Waals surface area contributed by atoms with Crippen molar-refractivity contribution in [3.63, 3.8) is 0 Å². The molecule has 1 fully saturated rings. The summed E-state index contributed by atoms with van der Waals surface area (Å²) >= 11 is 0. The van der Waals surface area contributed by atoms with Gasteiger partial charge in [0.2, 0.25) is 5.88 Å². The fraction of sp³-hybridized carbons (Fsp3) is 0.467. The molecule has 0 spiro atoms. The number of rotatable bonds is 4. The molecule has 0 radical (unpaired) electrons. The summed E-state index contributed by atoms with van der Waals surface area (Å²) in [5.41, 5.74) is 0.744. The quantitative estimate of drug-likeness (QED) is 0.871. The zero-order valence-electron chi connectivity index (χ0n) is 13.2. The Morgan fingerprint density at radius 1 is 1.38 bits per heavy atom. The van der Waals surface area contributed by atoms with E-state index in [0.29, 0.717) is 11.9 Å². The molecule has 1 saturated heterocycles. The van der Waals surface area contributed by atoms with Crippen molar-refractivity contribution in [3.05, 3.63) is 34.4 Å². The molecule has 9 heteroatoms. The standard InChI is InChI=1S/C14H18N4O3.CO2/c1-2-10-9-20-14(15-10)18-7-5-11(6-8-18)21-13-4-3-12(19)16-17-13;2-1-3/h3-4,9,11H,2,5-8H2,1H3,(H,16,19);. The van der Waals surface area contributed by atoms with E-state index in [9.17, 15) is 4.79 Å². The molecule has 9 nitrogen and oxygen atoms in total. The van der Waals surface area contributed by atoms with E-state index >= 15 is 0 Å². The molecular formula is C15H18N4O5. The van der Waals surface area contributed by atoms with Crippen LogP contribution < -0.4 is 15.2 Å². The second kappa shape index (κ2) is 8.64. The Balaban J connectivity index is 0.000000647. The van der Waals surface area contributed by atoms with E-state index in [1.807, 2.05) is 0 Å². The molecule has 1 aliphatic heterocycles. The lowest BCUT2D eigenvalue weighted by molar-refractivity contribution is -0.191. The number of aromatic amines is 1. The van der Waals surface area contributed by atoms with Crippen LogP contribution in [0.25, 0.3) is 0 Å². The van der Waals surface area contributed by atoms with Crippen LogP contribution in [0.2, 0.25) is 0 Å². The van der Waals surface area contributed by atoms with Gasteiger partial charge in [-0.05, 0) is 6.42 Å². The van der Waals surface area contributed by atoms with Gasteiger partial charge >= 0.3 is 6.15 Å². The molecule has 0 aromatic carbocycles. The van der Waals surface area contributed by atoms with Gasteiger partial charge in [-0.1, -0.05) is 6.92 Å². The van der Waals surface area contributed by atoms with Gasteiger partial charge in [0.05, 0.1) is 5.69 Å². The Bertz CT molecular complexity index is 707. The minimum absolute atomic E-state index is 0.0975. The van der Waals surface area contributed by atoms with E-state index in [4.69, 9.17) is 18.7 Å². The van der Waals surface area contributed by atoms with Crippen LogP contribution in [0.5, 0.6) is 5.88 Å². The monoisotopic (exact) mass is 334 g/mol. The van der Waals surface area contributed by atoms with Gasteiger partial charge in [0, 0.05) is 38.1 Å². The van der Waals surface area contributed by atoms with Crippen LogP contribution in [0, 0.1) is 0 Å². The fourth-order valence-corrected chi connectivity index (χ4v) is 2.34. The highest BCUT2D eigenvalue weighted by atomic mass is 16.5. The predicted octanol–water partition coefficient (Wildman–Crippen LogP) is 0.785. The van der Waals surface area contributed by atoms with Crippen LogP contribution in [-0.2, 0) is 16.0 Å². The molecule has 0 bridgehead atoms. The molecule has 1 aliphatic rings. The van der Waals surface area contributed by atoms with Gasteiger partial charge < -0.3 is 14.1 Å². The molecule has 128 valence electrons. The molecule has 2 aromatic heterocycles. The Labute approximate surface area is 137 Å². The molecule has 0 saturated carbocycles. The second-order valence-electron chi connectivity index (χ2n) is 5.12. The zero-order valence-corrected chi connectivity index (χ0v) is 13.2. The van der Waals surface area contributed by atoms with Crippen molar-refractivity contribution in [2.24, 2.45) is 0 Å². The van der Waals surface area contributed by atoms with Crippen molar-refractivity contribution in [1.82, 2.24) is 15.2 Å². The normalized spacial score (nSPS) is 14.5. The molecular weight excluding hydrogens is 316 g/mol. The van der Waals surface area contributed by atoms with Crippen molar-refractivity contribution < 1.29 is 18.7 Å². The summed E-state index contributed by atoms with van der Waals surface area (Å²) in [5, 5.41) is 6.23. The second-order valence-corrected chi connectivity index (χ2v) is 5.12. The summed E-state index contributed by atoms with van der Waals surface area (Å²) in [6, 6.07) is 3.69. The summed E-state index contributed by atoms with van der Waals surface area (Å²) in [6.07, 6.45) is 4.67. The summed E-state index contributed by atoms with van der Waals surface area (Å²) in [5.74, 6) is 0.456. The summed E-state index contributed by atoms with van der Waals surface area (Å²) in [6.45, 7) is 3.72. The van der Waals surface area contributed by atoms with Gasteiger partial charge in [-0.3, -0.25) is 4.79 Å². The summed E-state index contributed by atoms with van der Waals surface area (Å²) in [7, 11) is 0. The molecule has 0 amide bonds. The Morgan fingerprint density at radius 3 is 2.62 bits per heavy atom. The van der Waals surface area contributed by atoms with Gasteiger partial charge in [-0.2, -0.15) is 14.6 Å². The third kappa shape index (κ3) is 4.79. The average molecular weight is 334 g/mol. The Morgan fingerprint density at radius 2 is 2.08 bits per heavy atom. The average Bonchev–Trinajstić information content (AvgIpc) is 3.07. The van der Waals surface area contributed by atoms with Crippen molar-refractivity contribution >= 4 is 12.2 Å². The first-order valence-corrected chi connectivity index (χ1v) is 7.57. The maximum Gasteiger partial charge on any atom is 0.373 e. The van der Waals surface area contributed by atoms with Crippen LogP contribution in [0.4, 0.5) is 6.01 Å². The molecule has 0 aliphatic carbocycles.